The van der Waals surface area contributed by atoms with Gasteiger partial charge in [0.15, 0.2) is 0 Å². The van der Waals surface area contributed by atoms with Crippen molar-refractivity contribution in [2.75, 3.05) is 7.05 Å². The summed E-state index contributed by atoms with van der Waals surface area (Å²) in [6.45, 7) is 0. The Hall–Kier alpha value is -0.970. The Kier molecular flexibility index (Phi) is 2.78. The topological polar surface area (TPSA) is 77.8 Å². The van der Waals surface area contributed by atoms with Gasteiger partial charge in [0.05, 0.1) is 0 Å². The van der Waals surface area contributed by atoms with Crippen LogP contribution in [0.4, 0.5) is 0 Å². The molecule has 0 atom stereocenters. The van der Waals surface area contributed by atoms with Crippen LogP contribution >= 0.6 is 0 Å². The average Bonchev–Trinajstić information content (AvgIpc) is 1.61. The van der Waals surface area contributed by atoms with Crippen LogP contribution < -0.4 is 5.84 Å². The zero-order chi connectivity index (χ0) is 5.70. The first-order chi connectivity index (χ1) is 3.27. The number of nitrogens with two attached hydrogens (primary N) is 1. The molecule has 7 heavy (non-hydrogen) atoms. The van der Waals surface area contributed by atoms with Crippen LogP contribution in [0.2, 0.25) is 0 Å². The van der Waals surface area contributed by atoms with Gasteiger partial charge in [-0.15, -0.1) is 5.10 Å². The highest BCUT2D eigenvalue weighted by atomic mass is 15.4. The third-order valence-electron chi connectivity index (χ3n) is 0.292. The molecule has 0 aliphatic rings. The van der Waals surface area contributed by atoms with Crippen molar-refractivity contribution in [3.63, 3.8) is 0 Å². The van der Waals surface area contributed by atoms with Crippen LogP contribution in [-0.2, 0) is 0 Å². The summed E-state index contributed by atoms with van der Waals surface area (Å²) in [5.74, 6) is 5.02. The largest absolute Gasteiger partial charge is 0.303 e. The fraction of sp³-hybridized carbons (Fsp3) is 0.500. The maximum atomic E-state index is 6.14. The van der Waals surface area contributed by atoms with E-state index in [0.717, 1.165) is 0 Å². The van der Waals surface area contributed by atoms with E-state index in [2.05, 4.69) is 10.3 Å². The highest BCUT2D eigenvalue weighted by Gasteiger charge is 1.70. The molecule has 0 fully saturated rings. The Morgan fingerprint density at radius 2 is 2.43 bits per heavy atom. The molecule has 0 aliphatic heterocycles. The molecule has 40 valence electrons. The van der Waals surface area contributed by atoms with Gasteiger partial charge in [0.2, 0.25) is 0 Å². The molecule has 3 N–H and O–H groups in total. The lowest BCUT2D eigenvalue weighted by molar-refractivity contribution is 0.553. The second-order valence-corrected chi connectivity index (χ2v) is 0.996. The van der Waals surface area contributed by atoms with Gasteiger partial charge in [-0.1, -0.05) is 5.22 Å². The van der Waals surface area contributed by atoms with Crippen molar-refractivity contribution >= 4 is 6.34 Å². The van der Waals surface area contributed by atoms with Gasteiger partial charge in [0, 0.05) is 7.05 Å². The van der Waals surface area contributed by atoms with Gasteiger partial charge >= 0.3 is 0 Å². The molecule has 0 aromatic heterocycles. The first kappa shape index (κ1) is 6.03. The molecule has 0 saturated carbocycles. The smallest absolute Gasteiger partial charge is 0.129 e. The summed E-state index contributed by atoms with van der Waals surface area (Å²) in [4.78, 5) is 0. The van der Waals surface area contributed by atoms with E-state index in [1.165, 1.54) is 11.3 Å². The molecule has 0 spiro atoms. The molecular weight excluding hydrogens is 94.1 g/mol. The van der Waals surface area contributed by atoms with Gasteiger partial charge in [0.25, 0.3) is 0 Å². The normalized spacial score (nSPS) is 9.43. The predicted molar refractivity (Wildman–Crippen MR) is 25.6 cm³/mol. The van der Waals surface area contributed by atoms with Crippen molar-refractivity contribution in [3.05, 3.63) is 0 Å². The van der Waals surface area contributed by atoms with E-state index >= 15 is 0 Å². The number of hydrazine groups is 1. The van der Waals surface area contributed by atoms with Crippen molar-refractivity contribution in [2.45, 2.75) is 0 Å². The van der Waals surface area contributed by atoms with Crippen LogP contribution in [-0.4, -0.2) is 18.4 Å². The van der Waals surface area contributed by atoms with Crippen LogP contribution in [0.3, 0.4) is 0 Å². The van der Waals surface area contributed by atoms with E-state index < -0.39 is 0 Å². The Morgan fingerprint density at radius 1 is 1.86 bits per heavy atom. The fourth-order valence-corrected chi connectivity index (χ4v) is 0.107. The molecule has 0 aromatic carbocycles. The van der Waals surface area contributed by atoms with Crippen molar-refractivity contribution < 1.29 is 0 Å². The molecule has 0 amide bonds. The predicted octanol–water partition coefficient (Wildman–Crippen LogP) is -0.234. The lowest BCUT2D eigenvalue weighted by Gasteiger charge is -1.97. The quantitative estimate of drug-likeness (QED) is 0.166. The van der Waals surface area contributed by atoms with Gasteiger partial charge in [-0.05, 0) is 0 Å². The highest BCUT2D eigenvalue weighted by Crippen LogP contribution is 1.63. The van der Waals surface area contributed by atoms with E-state index in [1.54, 1.807) is 7.05 Å². The van der Waals surface area contributed by atoms with Crippen LogP contribution in [0.25, 0.3) is 0 Å². The van der Waals surface area contributed by atoms with E-state index in [4.69, 9.17) is 11.4 Å². The Labute approximate surface area is 41.3 Å². The highest BCUT2D eigenvalue weighted by molar-refractivity contribution is 5.52. The molecule has 5 heteroatoms. The number of rotatable bonds is 2. The minimum absolute atomic E-state index is 1.21. The minimum atomic E-state index is 1.21. The first-order valence-electron chi connectivity index (χ1n) is 1.65. The van der Waals surface area contributed by atoms with Crippen molar-refractivity contribution in [2.24, 2.45) is 16.2 Å². The molecule has 0 bridgehead atoms. The van der Waals surface area contributed by atoms with Crippen molar-refractivity contribution in [3.8, 4) is 0 Å². The lowest BCUT2D eigenvalue weighted by Crippen LogP contribution is -2.23. The maximum Gasteiger partial charge on any atom is 0.129 e. The third-order valence-corrected chi connectivity index (χ3v) is 0.292. The zero-order valence-electron chi connectivity index (χ0n) is 4.00. The van der Waals surface area contributed by atoms with Crippen LogP contribution in [0.5, 0.6) is 0 Å². The molecule has 0 rings (SSSR count). The number of nitrogens with one attached hydrogen (secondary N) is 1. The Bertz CT molecular complexity index is 74.1. The summed E-state index contributed by atoms with van der Waals surface area (Å²) < 4.78 is 0. The van der Waals surface area contributed by atoms with Gasteiger partial charge in [-0.25, -0.2) is 5.84 Å². The van der Waals surface area contributed by atoms with Gasteiger partial charge in [0.1, 0.15) is 6.34 Å². The summed E-state index contributed by atoms with van der Waals surface area (Å²) in [7, 11) is 1.59. The monoisotopic (exact) mass is 101 g/mol. The van der Waals surface area contributed by atoms with E-state index in [1.807, 2.05) is 0 Å². The number of nitrogens with zero attached hydrogens (tertiary/aromatic N) is 3. The standard InChI is InChI=1S/C2H7N5/c1-7(4)2-5-6-3/h2-3H,4H2,1H3/b5-2-,6-3?. The first-order valence-corrected chi connectivity index (χ1v) is 1.65. The van der Waals surface area contributed by atoms with Gasteiger partial charge in [-0.3, -0.25) is 0 Å². The lowest BCUT2D eigenvalue weighted by atomic mass is 11.1. The maximum absolute atomic E-state index is 6.14. The van der Waals surface area contributed by atoms with E-state index in [0.29, 0.717) is 0 Å². The van der Waals surface area contributed by atoms with Gasteiger partial charge in [-0.2, -0.15) is 5.53 Å². The molecule has 0 heterocycles. The summed E-state index contributed by atoms with van der Waals surface area (Å²) >= 11 is 0. The van der Waals surface area contributed by atoms with Crippen LogP contribution in [0, 0.1) is 5.53 Å². The molecule has 0 aromatic rings. The fourth-order valence-electron chi connectivity index (χ4n) is 0.107. The second kappa shape index (κ2) is 3.23. The Balaban J connectivity index is 3.25. The summed E-state index contributed by atoms with van der Waals surface area (Å²) in [5, 5.41) is 7.02. The van der Waals surface area contributed by atoms with E-state index in [-0.39, 0.29) is 0 Å². The number of hydrogen-bond donors (Lipinski definition) is 2. The molecular formula is C2H7N5. The van der Waals surface area contributed by atoms with E-state index in [9.17, 15) is 0 Å². The molecule has 5 nitrogen and oxygen atoms in total. The summed E-state index contributed by atoms with van der Waals surface area (Å²) in [6.07, 6.45) is 1.23. The van der Waals surface area contributed by atoms with Gasteiger partial charge < -0.3 is 5.01 Å². The molecule has 0 saturated heterocycles. The Morgan fingerprint density at radius 3 is 2.57 bits per heavy atom. The van der Waals surface area contributed by atoms with Crippen molar-refractivity contribution in [1.29, 1.82) is 5.53 Å². The summed E-state index contributed by atoms with van der Waals surface area (Å²) in [5.41, 5.74) is 6.14. The molecule has 0 aliphatic carbocycles. The number of hydrogen-bond acceptors (Lipinski definition) is 3. The molecule has 0 radical (unpaired) electrons. The zero-order valence-corrected chi connectivity index (χ0v) is 4.00. The second-order valence-electron chi connectivity index (χ2n) is 0.996. The summed E-state index contributed by atoms with van der Waals surface area (Å²) in [6, 6.07) is 0. The van der Waals surface area contributed by atoms with Crippen molar-refractivity contribution in [1.82, 2.24) is 5.01 Å². The van der Waals surface area contributed by atoms with Crippen LogP contribution in [0.15, 0.2) is 10.3 Å². The SMILES string of the molecule is CN(N)/C=N\N=N. The molecule has 0 unspecified atom stereocenters. The third kappa shape index (κ3) is 5.03. The average molecular weight is 101 g/mol. The van der Waals surface area contributed by atoms with Crippen LogP contribution in [0.1, 0.15) is 0 Å². The minimum Gasteiger partial charge on any atom is -0.303 e.